The van der Waals surface area contributed by atoms with Gasteiger partial charge >= 0.3 is 6.18 Å². The fourth-order valence-electron chi connectivity index (χ4n) is 2.86. The summed E-state index contributed by atoms with van der Waals surface area (Å²) in [5.41, 5.74) is 0.0308. The molecule has 0 saturated heterocycles. The van der Waals surface area contributed by atoms with Gasteiger partial charge in [0.15, 0.2) is 10.7 Å². The molecule has 0 radical (unpaired) electrons. The first-order valence-corrected chi connectivity index (χ1v) is 8.36. The zero-order valence-corrected chi connectivity index (χ0v) is 13.7. The Bertz CT molecular complexity index is 1000. The third-order valence-corrected chi connectivity index (χ3v) is 5.34. The van der Waals surface area contributed by atoms with Gasteiger partial charge in [0.1, 0.15) is 5.15 Å². The summed E-state index contributed by atoms with van der Waals surface area (Å²) >= 11 is 7.26. The minimum Gasteiger partial charge on any atom is -0.269 e. The maximum absolute atomic E-state index is 12.7. The molecule has 0 bridgehead atoms. The molecular weight excluding hydrogens is 365 g/mol. The van der Waals surface area contributed by atoms with Crippen LogP contribution in [-0.4, -0.2) is 19.2 Å². The minimum atomic E-state index is -4.57. The summed E-state index contributed by atoms with van der Waals surface area (Å²) in [5, 5.41) is 3.30. The van der Waals surface area contributed by atoms with Crippen LogP contribution in [0.4, 0.5) is 13.2 Å². The Morgan fingerprint density at radius 1 is 1.29 bits per heavy atom. The number of nitrogens with zero attached hydrogens (tertiary/aromatic N) is 4. The average molecular weight is 375 g/mol. The largest absolute Gasteiger partial charge is 0.435 e. The molecule has 0 N–H and O–H groups in total. The summed E-state index contributed by atoms with van der Waals surface area (Å²) in [6.45, 7) is -0.0940. The van der Waals surface area contributed by atoms with Crippen LogP contribution in [0.3, 0.4) is 0 Å². The van der Waals surface area contributed by atoms with Crippen molar-refractivity contribution in [2.45, 2.75) is 32.0 Å². The van der Waals surface area contributed by atoms with Crippen LogP contribution in [0.15, 0.2) is 16.9 Å². The number of aromatic nitrogens is 4. The van der Waals surface area contributed by atoms with Crippen molar-refractivity contribution in [3.05, 3.63) is 49.6 Å². The van der Waals surface area contributed by atoms with Gasteiger partial charge in [-0.2, -0.15) is 18.3 Å². The van der Waals surface area contributed by atoms with Gasteiger partial charge in [-0.3, -0.25) is 9.20 Å². The average Bonchev–Trinajstić information content (AvgIpc) is 3.12. The maximum atomic E-state index is 12.7. The molecule has 0 unspecified atom stereocenters. The van der Waals surface area contributed by atoms with E-state index in [0.717, 1.165) is 40.6 Å². The van der Waals surface area contributed by atoms with Gasteiger partial charge in [0, 0.05) is 22.7 Å². The molecule has 10 heteroatoms. The van der Waals surface area contributed by atoms with Gasteiger partial charge in [0.25, 0.3) is 5.56 Å². The molecule has 0 atom stereocenters. The molecular formula is C14H10ClF3N4OS. The molecule has 0 spiro atoms. The number of rotatable bonds is 2. The highest BCUT2D eigenvalue weighted by molar-refractivity contribution is 7.17. The van der Waals surface area contributed by atoms with E-state index >= 15 is 0 Å². The molecule has 3 heterocycles. The molecule has 0 aromatic carbocycles. The topological polar surface area (TPSA) is 52.2 Å². The molecule has 5 nitrogen and oxygen atoms in total. The van der Waals surface area contributed by atoms with Crippen LogP contribution >= 0.6 is 22.9 Å². The first kappa shape index (κ1) is 15.6. The highest BCUT2D eigenvalue weighted by Gasteiger charge is 2.34. The summed E-state index contributed by atoms with van der Waals surface area (Å²) < 4.78 is 40.6. The van der Waals surface area contributed by atoms with E-state index in [2.05, 4.69) is 10.1 Å². The van der Waals surface area contributed by atoms with Crippen molar-refractivity contribution >= 4 is 27.9 Å². The van der Waals surface area contributed by atoms with E-state index in [9.17, 15) is 18.0 Å². The smallest absolute Gasteiger partial charge is 0.269 e. The van der Waals surface area contributed by atoms with Crippen LogP contribution < -0.4 is 5.56 Å². The van der Waals surface area contributed by atoms with Crippen LogP contribution in [0, 0.1) is 0 Å². The second-order valence-corrected chi connectivity index (χ2v) is 6.99. The molecule has 4 rings (SSSR count). The highest BCUT2D eigenvalue weighted by Crippen LogP contribution is 2.31. The van der Waals surface area contributed by atoms with E-state index in [4.69, 9.17) is 11.6 Å². The Hall–Kier alpha value is -1.87. The third kappa shape index (κ3) is 2.51. The van der Waals surface area contributed by atoms with Crippen molar-refractivity contribution in [1.82, 2.24) is 19.2 Å². The summed E-state index contributed by atoms with van der Waals surface area (Å²) in [4.78, 5) is 18.4. The fraction of sp³-hybridized carbons (Fsp3) is 0.357. The summed E-state index contributed by atoms with van der Waals surface area (Å²) in [6.07, 6.45) is -1.77. The lowest BCUT2D eigenvalue weighted by Gasteiger charge is -2.04. The number of halogens is 4. The number of hydrogen-bond acceptors (Lipinski definition) is 4. The molecule has 3 aromatic rings. The number of aryl methyl sites for hydroxylation is 2. The quantitative estimate of drug-likeness (QED) is 0.692. The number of fused-ring (bicyclic) bond motifs is 3. The summed E-state index contributed by atoms with van der Waals surface area (Å²) in [7, 11) is 0. The third-order valence-electron chi connectivity index (χ3n) is 3.90. The van der Waals surface area contributed by atoms with E-state index in [1.807, 2.05) is 0 Å². The Morgan fingerprint density at radius 3 is 2.79 bits per heavy atom. The van der Waals surface area contributed by atoms with Crippen LogP contribution in [0.25, 0.3) is 4.96 Å². The van der Waals surface area contributed by atoms with Gasteiger partial charge in [-0.05, 0) is 19.3 Å². The van der Waals surface area contributed by atoms with E-state index in [-0.39, 0.29) is 17.3 Å². The van der Waals surface area contributed by atoms with Crippen LogP contribution in [0.1, 0.15) is 28.4 Å². The first-order chi connectivity index (χ1) is 11.3. The maximum Gasteiger partial charge on any atom is 0.435 e. The second kappa shape index (κ2) is 5.32. The molecule has 1 aliphatic carbocycles. The van der Waals surface area contributed by atoms with Gasteiger partial charge in [-0.15, -0.1) is 11.3 Å². The zero-order chi connectivity index (χ0) is 17.1. The van der Waals surface area contributed by atoms with E-state index < -0.39 is 11.9 Å². The lowest BCUT2D eigenvalue weighted by molar-refractivity contribution is -0.141. The highest BCUT2D eigenvalue weighted by atomic mass is 35.5. The van der Waals surface area contributed by atoms with E-state index in [1.54, 1.807) is 4.40 Å². The van der Waals surface area contributed by atoms with Crippen molar-refractivity contribution in [2.75, 3.05) is 0 Å². The van der Waals surface area contributed by atoms with Crippen molar-refractivity contribution in [3.63, 3.8) is 0 Å². The number of thiazole rings is 1. The minimum absolute atomic E-state index is 0.0940. The van der Waals surface area contributed by atoms with Crippen LogP contribution in [-0.2, 0) is 25.6 Å². The van der Waals surface area contributed by atoms with Crippen LogP contribution in [0.5, 0.6) is 0 Å². The van der Waals surface area contributed by atoms with Crippen molar-refractivity contribution in [2.24, 2.45) is 0 Å². The van der Waals surface area contributed by atoms with E-state index in [0.29, 0.717) is 10.7 Å². The molecule has 24 heavy (non-hydrogen) atoms. The number of alkyl halides is 3. The molecule has 0 fully saturated rings. The molecule has 126 valence electrons. The first-order valence-electron chi connectivity index (χ1n) is 7.17. The van der Waals surface area contributed by atoms with E-state index in [1.165, 1.54) is 17.4 Å². The Kier molecular flexibility index (Phi) is 3.47. The van der Waals surface area contributed by atoms with Gasteiger partial charge in [-0.1, -0.05) is 11.6 Å². The lowest BCUT2D eigenvalue weighted by Crippen LogP contribution is -2.17. The van der Waals surface area contributed by atoms with Crippen molar-refractivity contribution in [1.29, 1.82) is 0 Å². The predicted octanol–water partition coefficient (Wildman–Crippen LogP) is 3.16. The Morgan fingerprint density at radius 2 is 2.08 bits per heavy atom. The van der Waals surface area contributed by atoms with Crippen molar-refractivity contribution in [3.8, 4) is 0 Å². The monoisotopic (exact) mass is 374 g/mol. The van der Waals surface area contributed by atoms with Crippen molar-refractivity contribution < 1.29 is 13.2 Å². The van der Waals surface area contributed by atoms with Gasteiger partial charge in [-0.25, -0.2) is 9.67 Å². The molecule has 1 aliphatic rings. The Labute approximate surface area is 142 Å². The standard InChI is InChI=1S/C14H10ClF3N4OS/c15-11-5-10(14(16,17)18)20-21(11)6-7-4-12(23)22-8-2-1-3-9(8)24-13(22)19-7/h4-5H,1-3,6H2. The van der Waals surface area contributed by atoms with Gasteiger partial charge < -0.3 is 0 Å². The van der Waals surface area contributed by atoms with Gasteiger partial charge in [0.05, 0.1) is 12.2 Å². The summed E-state index contributed by atoms with van der Waals surface area (Å²) in [6, 6.07) is 2.08. The normalized spacial score (nSPS) is 14.5. The molecule has 0 saturated carbocycles. The fourth-order valence-corrected chi connectivity index (χ4v) is 4.29. The zero-order valence-electron chi connectivity index (χ0n) is 12.1. The predicted molar refractivity (Wildman–Crippen MR) is 82.7 cm³/mol. The molecule has 0 aliphatic heterocycles. The molecule has 0 amide bonds. The number of hydrogen-bond donors (Lipinski definition) is 0. The van der Waals surface area contributed by atoms with Crippen LogP contribution in [0.2, 0.25) is 5.15 Å². The molecule has 3 aromatic heterocycles. The summed E-state index contributed by atoms with van der Waals surface area (Å²) in [5.74, 6) is 0. The SMILES string of the molecule is O=c1cc(Cn2nc(C(F)(F)F)cc2Cl)nc2sc3c(n12)CCC3. The second-order valence-electron chi connectivity index (χ2n) is 5.54. The van der Waals surface area contributed by atoms with Gasteiger partial charge in [0.2, 0.25) is 0 Å². The Balaban J connectivity index is 1.73. The lowest BCUT2D eigenvalue weighted by atomic mass is 10.3.